The van der Waals surface area contributed by atoms with Gasteiger partial charge >= 0.3 is 0 Å². The van der Waals surface area contributed by atoms with Crippen LogP contribution in [0.3, 0.4) is 0 Å². The Kier molecular flexibility index (Phi) is 3.13. The molecule has 0 aliphatic carbocycles. The topological polar surface area (TPSA) is 20.3 Å². The Hall–Kier alpha value is -0.480. The van der Waals surface area contributed by atoms with Gasteiger partial charge in [0.05, 0.1) is 11.4 Å². The zero-order valence-corrected chi connectivity index (χ0v) is 9.97. The maximum atomic E-state index is 12.0. The van der Waals surface area contributed by atoms with Gasteiger partial charge in [0.15, 0.2) is 0 Å². The van der Waals surface area contributed by atoms with E-state index in [1.165, 1.54) is 0 Å². The van der Waals surface area contributed by atoms with Gasteiger partial charge in [0, 0.05) is 16.8 Å². The molecule has 0 unspecified atom stereocenters. The van der Waals surface area contributed by atoms with Crippen LogP contribution in [0.1, 0.15) is 10.4 Å². The highest BCUT2D eigenvalue weighted by Gasteiger charge is 2.20. The number of hydrogen-bond acceptors (Lipinski definition) is 2. The molecule has 0 spiro atoms. The van der Waals surface area contributed by atoms with E-state index in [2.05, 4.69) is 15.9 Å². The lowest BCUT2D eigenvalue weighted by atomic mass is 10.2. The fraction of sp³-hybridized carbons (Fsp3) is 0.300. The van der Waals surface area contributed by atoms with Gasteiger partial charge in [-0.15, -0.1) is 11.8 Å². The number of benzene rings is 1. The molecule has 0 bridgehead atoms. The third-order valence-corrected chi connectivity index (χ3v) is 3.80. The van der Waals surface area contributed by atoms with Crippen molar-refractivity contribution in [1.29, 1.82) is 0 Å². The number of amides is 1. The summed E-state index contributed by atoms with van der Waals surface area (Å²) >= 11 is 5.19. The van der Waals surface area contributed by atoms with Gasteiger partial charge < -0.3 is 4.90 Å². The number of thioether (sulfide) groups is 1. The Morgan fingerprint density at radius 3 is 2.86 bits per heavy atom. The summed E-state index contributed by atoms with van der Waals surface area (Å²) in [6.07, 6.45) is 0. The van der Waals surface area contributed by atoms with E-state index in [0.717, 1.165) is 28.2 Å². The van der Waals surface area contributed by atoms with Gasteiger partial charge in [-0.2, -0.15) is 0 Å². The van der Waals surface area contributed by atoms with Gasteiger partial charge in [-0.3, -0.25) is 4.79 Å². The Balaban J connectivity index is 2.22. The molecule has 1 amide bonds. The molecule has 1 saturated heterocycles. The van der Waals surface area contributed by atoms with Crippen molar-refractivity contribution in [3.8, 4) is 0 Å². The first kappa shape index (κ1) is 10.1. The van der Waals surface area contributed by atoms with E-state index in [1.807, 2.05) is 29.2 Å². The molecule has 1 aromatic carbocycles. The average molecular weight is 272 g/mol. The van der Waals surface area contributed by atoms with Crippen molar-refractivity contribution in [1.82, 2.24) is 4.90 Å². The molecule has 74 valence electrons. The summed E-state index contributed by atoms with van der Waals surface area (Å²) in [4.78, 5) is 13.8. The molecule has 1 aliphatic rings. The van der Waals surface area contributed by atoms with Crippen LogP contribution in [-0.4, -0.2) is 29.0 Å². The summed E-state index contributed by atoms with van der Waals surface area (Å²) in [6, 6.07) is 7.56. The van der Waals surface area contributed by atoms with Crippen molar-refractivity contribution in [2.45, 2.75) is 0 Å². The minimum atomic E-state index is 0.127. The van der Waals surface area contributed by atoms with Crippen LogP contribution >= 0.6 is 27.7 Å². The van der Waals surface area contributed by atoms with Crippen molar-refractivity contribution in [2.24, 2.45) is 0 Å². The SMILES string of the molecule is O=C(c1ccccc1Br)N1CCSC1. The van der Waals surface area contributed by atoms with Crippen LogP contribution in [0, 0.1) is 0 Å². The van der Waals surface area contributed by atoms with Crippen molar-refractivity contribution in [3.63, 3.8) is 0 Å². The lowest BCUT2D eigenvalue weighted by Gasteiger charge is -2.14. The minimum absolute atomic E-state index is 0.127. The fourth-order valence-corrected chi connectivity index (χ4v) is 2.78. The molecule has 1 heterocycles. The normalized spacial score (nSPS) is 15.9. The largest absolute Gasteiger partial charge is 0.329 e. The standard InChI is InChI=1S/C10H10BrNOS/c11-9-4-2-1-3-8(9)10(13)12-5-6-14-7-12/h1-4H,5-7H2. The third kappa shape index (κ3) is 1.96. The number of halogens is 1. The van der Waals surface area contributed by atoms with Crippen LogP contribution in [0.25, 0.3) is 0 Å². The second kappa shape index (κ2) is 4.36. The third-order valence-electron chi connectivity index (χ3n) is 2.14. The second-order valence-corrected chi connectivity index (χ2v) is 5.01. The van der Waals surface area contributed by atoms with E-state index in [0.29, 0.717) is 0 Å². The molecule has 2 rings (SSSR count). The molecule has 1 fully saturated rings. The monoisotopic (exact) mass is 271 g/mol. The van der Waals surface area contributed by atoms with E-state index in [-0.39, 0.29) is 5.91 Å². The van der Waals surface area contributed by atoms with E-state index in [1.54, 1.807) is 11.8 Å². The van der Waals surface area contributed by atoms with Crippen LogP contribution in [0.15, 0.2) is 28.7 Å². The van der Waals surface area contributed by atoms with Gasteiger partial charge in [-0.25, -0.2) is 0 Å². The molecule has 0 radical (unpaired) electrons. The first-order valence-electron chi connectivity index (χ1n) is 4.40. The number of rotatable bonds is 1. The van der Waals surface area contributed by atoms with Crippen molar-refractivity contribution in [2.75, 3.05) is 18.2 Å². The molecule has 4 heteroatoms. The van der Waals surface area contributed by atoms with Crippen LogP contribution in [0.4, 0.5) is 0 Å². The first-order valence-corrected chi connectivity index (χ1v) is 6.35. The summed E-state index contributed by atoms with van der Waals surface area (Å²) in [5, 5.41) is 0. The van der Waals surface area contributed by atoms with Crippen molar-refractivity contribution < 1.29 is 4.79 Å². The van der Waals surface area contributed by atoms with Gasteiger partial charge in [0.25, 0.3) is 5.91 Å². The van der Waals surface area contributed by atoms with Gasteiger partial charge in [-0.05, 0) is 28.1 Å². The number of carbonyl (C=O) groups excluding carboxylic acids is 1. The lowest BCUT2D eigenvalue weighted by molar-refractivity contribution is 0.0802. The van der Waals surface area contributed by atoms with E-state index >= 15 is 0 Å². The highest BCUT2D eigenvalue weighted by atomic mass is 79.9. The van der Waals surface area contributed by atoms with Crippen molar-refractivity contribution in [3.05, 3.63) is 34.3 Å². The minimum Gasteiger partial charge on any atom is -0.329 e. The first-order chi connectivity index (χ1) is 6.79. The smallest absolute Gasteiger partial charge is 0.255 e. The average Bonchev–Trinajstić information content (AvgIpc) is 2.70. The van der Waals surface area contributed by atoms with Gasteiger partial charge in [-0.1, -0.05) is 12.1 Å². The van der Waals surface area contributed by atoms with Crippen LogP contribution < -0.4 is 0 Å². The summed E-state index contributed by atoms with van der Waals surface area (Å²) in [7, 11) is 0. The molecule has 0 atom stereocenters. The zero-order valence-electron chi connectivity index (χ0n) is 7.57. The molecule has 0 saturated carbocycles. The molecular formula is C10H10BrNOS. The predicted molar refractivity (Wildman–Crippen MR) is 62.5 cm³/mol. The Morgan fingerprint density at radius 2 is 2.21 bits per heavy atom. The van der Waals surface area contributed by atoms with E-state index < -0.39 is 0 Å². The lowest BCUT2D eigenvalue weighted by Crippen LogP contribution is -2.27. The van der Waals surface area contributed by atoms with Gasteiger partial charge in [0.2, 0.25) is 0 Å². The molecule has 1 aliphatic heterocycles. The van der Waals surface area contributed by atoms with Crippen LogP contribution in [0.5, 0.6) is 0 Å². The quantitative estimate of drug-likeness (QED) is 0.783. The van der Waals surface area contributed by atoms with Crippen molar-refractivity contribution >= 4 is 33.6 Å². The molecular weight excluding hydrogens is 262 g/mol. The van der Waals surface area contributed by atoms with Crippen LogP contribution in [-0.2, 0) is 0 Å². The molecule has 14 heavy (non-hydrogen) atoms. The number of nitrogens with zero attached hydrogens (tertiary/aromatic N) is 1. The number of hydrogen-bond donors (Lipinski definition) is 0. The fourth-order valence-electron chi connectivity index (χ4n) is 1.38. The Bertz CT molecular complexity index is 350. The summed E-state index contributed by atoms with van der Waals surface area (Å²) in [5.74, 6) is 2.00. The maximum absolute atomic E-state index is 12.0. The molecule has 1 aromatic rings. The Morgan fingerprint density at radius 1 is 1.43 bits per heavy atom. The highest BCUT2D eigenvalue weighted by Crippen LogP contribution is 2.21. The van der Waals surface area contributed by atoms with Crippen LogP contribution in [0.2, 0.25) is 0 Å². The molecule has 0 aromatic heterocycles. The predicted octanol–water partition coefficient (Wildman–Crippen LogP) is 2.60. The summed E-state index contributed by atoms with van der Waals surface area (Å²) in [6.45, 7) is 0.866. The zero-order chi connectivity index (χ0) is 9.97. The second-order valence-electron chi connectivity index (χ2n) is 3.09. The Labute approximate surface area is 95.8 Å². The van der Waals surface area contributed by atoms with Gasteiger partial charge in [0.1, 0.15) is 0 Å². The van der Waals surface area contributed by atoms with E-state index in [9.17, 15) is 4.79 Å². The maximum Gasteiger partial charge on any atom is 0.255 e. The van der Waals surface area contributed by atoms with E-state index in [4.69, 9.17) is 0 Å². The summed E-state index contributed by atoms with van der Waals surface area (Å²) < 4.78 is 0.877. The summed E-state index contributed by atoms with van der Waals surface area (Å²) in [5.41, 5.74) is 0.759. The molecule has 0 N–H and O–H groups in total. The molecule has 2 nitrogen and oxygen atoms in total. The number of carbonyl (C=O) groups is 1. The highest BCUT2D eigenvalue weighted by molar-refractivity contribution is 9.10.